The van der Waals surface area contributed by atoms with Crippen LogP contribution >= 0.6 is 0 Å². The standard InChI is InChI=1S/C27H18N3O.C16H18N.Ir/c1-16-13-24(28-14-17(16)2)21-10-6-9-19-20-11-12-23-22(26(20)31-25(19)21)15-29-27(30-23)18-7-4-3-5-8-18;1-16(2,3)11-13-9-10-15(17-12-13)14-7-5-4-6-8-14;/h3-9,11-15H,1-2H3;4-7,9-10,12H,11H2,1-3H3;/q2*-1;/i1D3,2D3;11D2;. The molecule has 0 unspecified atom stereocenters. The predicted octanol–water partition coefficient (Wildman–Crippen LogP) is 10.8. The van der Waals surface area contributed by atoms with Gasteiger partial charge in [0.05, 0.1) is 16.5 Å². The van der Waals surface area contributed by atoms with Gasteiger partial charge < -0.3 is 14.4 Å². The molecule has 0 N–H and O–H groups in total. The van der Waals surface area contributed by atoms with Gasteiger partial charge >= 0.3 is 0 Å². The number of pyridine rings is 2. The topological polar surface area (TPSA) is 64.7 Å². The maximum atomic E-state index is 8.21. The zero-order chi connectivity index (χ0) is 40.0. The van der Waals surface area contributed by atoms with Crippen LogP contribution in [-0.4, -0.2) is 19.9 Å². The van der Waals surface area contributed by atoms with Gasteiger partial charge in [0.1, 0.15) is 5.58 Å². The molecule has 4 aromatic carbocycles. The SMILES string of the molecule is [2H]C([2H])([2H])c1cnc(-c2[c-]ccc3c2oc2c4cnc(-c5ccccc5)nc4ccc32)cc1C([2H])([2H])[2H].[2H]C([2H])(c1ccc(-c2[c-]cccc2)nc1)C(C)(C)C.[Ir]. The van der Waals surface area contributed by atoms with Crippen LogP contribution in [0.2, 0.25) is 0 Å². The zero-order valence-electron chi connectivity index (χ0n) is 35.0. The predicted molar refractivity (Wildman–Crippen MR) is 195 cm³/mol. The van der Waals surface area contributed by atoms with Crippen molar-refractivity contribution in [1.82, 2.24) is 19.9 Å². The van der Waals surface area contributed by atoms with Crippen LogP contribution in [0.3, 0.4) is 0 Å². The molecule has 8 aromatic rings. The molecule has 0 bridgehead atoms. The summed E-state index contributed by atoms with van der Waals surface area (Å²) in [5.74, 6) is 0.605. The van der Waals surface area contributed by atoms with E-state index >= 15 is 0 Å². The summed E-state index contributed by atoms with van der Waals surface area (Å²) in [5, 5.41) is 2.35. The number of aryl methyl sites for hydroxylation is 2. The summed E-state index contributed by atoms with van der Waals surface area (Å²) in [4.78, 5) is 17.9. The molecule has 0 aliphatic heterocycles. The van der Waals surface area contributed by atoms with E-state index in [2.05, 4.69) is 27.1 Å². The van der Waals surface area contributed by atoms with Gasteiger partial charge in [-0.05, 0) is 60.1 Å². The molecule has 6 heteroatoms. The fraction of sp³-hybridized carbons (Fsp3) is 0.163. The third kappa shape index (κ3) is 7.36. The van der Waals surface area contributed by atoms with Gasteiger partial charge in [0, 0.05) is 60.6 Å². The van der Waals surface area contributed by atoms with Gasteiger partial charge in [0.2, 0.25) is 0 Å². The second-order valence-electron chi connectivity index (χ2n) is 12.3. The van der Waals surface area contributed by atoms with E-state index in [1.54, 1.807) is 18.5 Å². The van der Waals surface area contributed by atoms with Crippen LogP contribution < -0.4 is 0 Å². The third-order valence-electron chi connectivity index (χ3n) is 7.62. The molecular formula is C43H36IrN4O-2. The van der Waals surface area contributed by atoms with Crippen molar-refractivity contribution in [3.63, 3.8) is 0 Å². The van der Waals surface area contributed by atoms with E-state index in [0.717, 1.165) is 44.7 Å². The Morgan fingerprint density at radius 3 is 2.24 bits per heavy atom. The van der Waals surface area contributed by atoms with Crippen LogP contribution in [0.5, 0.6) is 0 Å². The van der Waals surface area contributed by atoms with E-state index in [4.69, 9.17) is 20.4 Å². The number of aromatic nitrogens is 4. The number of furan rings is 1. The van der Waals surface area contributed by atoms with E-state index in [-0.39, 0.29) is 36.9 Å². The van der Waals surface area contributed by atoms with Crippen molar-refractivity contribution in [3.8, 4) is 33.9 Å². The van der Waals surface area contributed by atoms with Gasteiger partial charge in [-0.25, -0.2) is 9.97 Å². The molecule has 0 fully saturated rings. The second kappa shape index (κ2) is 14.2. The molecule has 245 valence electrons. The Bertz CT molecular complexity index is 2670. The van der Waals surface area contributed by atoms with E-state index in [1.807, 2.05) is 106 Å². The Labute approximate surface area is 312 Å². The summed E-state index contributed by atoms with van der Waals surface area (Å²) in [5.41, 5.74) is 4.68. The van der Waals surface area contributed by atoms with Crippen LogP contribution in [0.1, 0.15) is 48.4 Å². The number of hydrogen-bond acceptors (Lipinski definition) is 5. The minimum absolute atomic E-state index is 0. The van der Waals surface area contributed by atoms with Crippen LogP contribution in [-0.2, 0) is 26.5 Å². The molecule has 0 saturated heterocycles. The van der Waals surface area contributed by atoms with Gasteiger partial charge in [-0.1, -0.05) is 85.8 Å². The van der Waals surface area contributed by atoms with Crippen LogP contribution in [0.25, 0.3) is 66.7 Å². The van der Waals surface area contributed by atoms with Crippen molar-refractivity contribution < 1.29 is 35.5 Å². The van der Waals surface area contributed by atoms with Crippen molar-refractivity contribution >= 4 is 32.8 Å². The van der Waals surface area contributed by atoms with E-state index in [9.17, 15) is 0 Å². The first-order valence-electron chi connectivity index (χ1n) is 19.5. The number of rotatable bonds is 4. The summed E-state index contributed by atoms with van der Waals surface area (Å²) in [6.07, 6.45) is 3.06. The number of nitrogens with zero attached hydrogens (tertiary/aromatic N) is 4. The van der Waals surface area contributed by atoms with Crippen molar-refractivity contribution in [2.24, 2.45) is 5.41 Å². The molecule has 49 heavy (non-hydrogen) atoms. The third-order valence-corrected chi connectivity index (χ3v) is 7.62. The molecule has 4 aromatic heterocycles. The van der Waals surface area contributed by atoms with Crippen LogP contribution in [0.4, 0.5) is 0 Å². The number of hydrogen-bond donors (Lipinski definition) is 0. The first kappa shape index (κ1) is 25.0. The normalized spacial score (nSPS) is 14.5. The van der Waals surface area contributed by atoms with E-state index < -0.39 is 25.5 Å². The maximum absolute atomic E-state index is 8.21. The molecular weight excluding hydrogens is 781 g/mol. The Hall–Kier alpha value is -5.03. The number of benzene rings is 4. The van der Waals surface area contributed by atoms with Crippen LogP contribution in [0, 0.1) is 31.3 Å². The Morgan fingerprint density at radius 1 is 0.714 bits per heavy atom. The molecule has 4 heterocycles. The monoisotopic (exact) mass is 825 g/mol. The maximum Gasteiger partial charge on any atom is 0.159 e. The summed E-state index contributed by atoms with van der Waals surface area (Å²) in [6.45, 7) is 0.443. The summed E-state index contributed by atoms with van der Waals surface area (Å²) in [6, 6.07) is 35.9. The van der Waals surface area contributed by atoms with E-state index in [1.165, 1.54) is 6.07 Å². The molecule has 5 nitrogen and oxygen atoms in total. The fourth-order valence-corrected chi connectivity index (χ4v) is 5.43. The minimum Gasteiger partial charge on any atom is -0.500 e. The van der Waals surface area contributed by atoms with Crippen molar-refractivity contribution in [2.75, 3.05) is 0 Å². The van der Waals surface area contributed by atoms with E-state index in [0.29, 0.717) is 28.1 Å². The summed E-state index contributed by atoms with van der Waals surface area (Å²) in [7, 11) is 0. The molecule has 8 rings (SSSR count). The van der Waals surface area contributed by atoms with Gasteiger partial charge in [-0.15, -0.1) is 54.1 Å². The Kier molecular flexibility index (Phi) is 7.26. The second-order valence-corrected chi connectivity index (χ2v) is 12.3. The van der Waals surface area contributed by atoms with Gasteiger partial charge in [0.25, 0.3) is 0 Å². The Balaban J connectivity index is 0.000000233. The smallest absolute Gasteiger partial charge is 0.159 e. The average Bonchev–Trinajstić information content (AvgIpc) is 3.57. The minimum atomic E-state index is -2.63. The molecule has 0 atom stereocenters. The average molecular weight is 825 g/mol. The molecule has 0 amide bonds. The van der Waals surface area contributed by atoms with Crippen LogP contribution in [0.15, 0.2) is 120 Å². The van der Waals surface area contributed by atoms with Gasteiger partial charge in [0.15, 0.2) is 5.82 Å². The van der Waals surface area contributed by atoms with Crippen molar-refractivity contribution in [1.29, 1.82) is 0 Å². The molecule has 1 radical (unpaired) electrons. The first-order valence-corrected chi connectivity index (χ1v) is 15.5. The molecule has 0 aliphatic rings. The zero-order valence-corrected chi connectivity index (χ0v) is 29.4. The fourth-order valence-electron chi connectivity index (χ4n) is 5.43. The quantitative estimate of drug-likeness (QED) is 0.165. The number of fused-ring (bicyclic) bond motifs is 5. The molecule has 0 saturated carbocycles. The van der Waals surface area contributed by atoms with Crippen molar-refractivity contribution in [3.05, 3.63) is 144 Å². The van der Waals surface area contributed by atoms with Gasteiger partial charge in [-0.3, -0.25) is 0 Å². The van der Waals surface area contributed by atoms with Crippen molar-refractivity contribution in [2.45, 2.75) is 40.8 Å². The first-order chi connectivity index (χ1) is 26.4. The summed E-state index contributed by atoms with van der Waals surface area (Å²) >= 11 is 0. The summed E-state index contributed by atoms with van der Waals surface area (Å²) < 4.78 is 69.6. The molecule has 0 spiro atoms. The molecule has 0 aliphatic carbocycles. The Morgan fingerprint density at radius 2 is 1.51 bits per heavy atom. The largest absolute Gasteiger partial charge is 0.500 e. The van der Waals surface area contributed by atoms with Gasteiger partial charge in [-0.2, -0.15) is 0 Å².